The van der Waals surface area contributed by atoms with Gasteiger partial charge >= 0.3 is 5.97 Å². The molecular formula is C11H13O3. The lowest BCUT2D eigenvalue weighted by molar-refractivity contribution is -0.137. The lowest BCUT2D eigenvalue weighted by Crippen LogP contribution is -2.02. The lowest BCUT2D eigenvalue weighted by atomic mass is 10.2. The van der Waals surface area contributed by atoms with E-state index in [1.807, 2.05) is 25.1 Å². The van der Waals surface area contributed by atoms with Crippen LogP contribution in [0.1, 0.15) is 18.4 Å². The van der Waals surface area contributed by atoms with Crippen molar-refractivity contribution in [3.63, 3.8) is 0 Å². The van der Waals surface area contributed by atoms with Gasteiger partial charge in [-0.2, -0.15) is 0 Å². The maximum absolute atomic E-state index is 10.2. The number of aliphatic carboxylic acids is 1. The Morgan fingerprint density at radius 3 is 3.00 bits per heavy atom. The fourth-order valence-electron chi connectivity index (χ4n) is 1.05. The van der Waals surface area contributed by atoms with Crippen molar-refractivity contribution < 1.29 is 14.6 Å². The van der Waals surface area contributed by atoms with Crippen LogP contribution in [0.15, 0.2) is 18.2 Å². The third-order valence-electron chi connectivity index (χ3n) is 1.71. The fraction of sp³-hybridized carbons (Fsp3) is 0.364. The molecule has 0 aliphatic heterocycles. The van der Waals surface area contributed by atoms with Crippen molar-refractivity contribution in [2.75, 3.05) is 6.61 Å². The van der Waals surface area contributed by atoms with Crippen LogP contribution in [0.4, 0.5) is 0 Å². The quantitative estimate of drug-likeness (QED) is 0.728. The van der Waals surface area contributed by atoms with E-state index in [1.165, 1.54) is 0 Å². The molecule has 0 bridgehead atoms. The predicted octanol–water partition coefficient (Wildman–Crippen LogP) is 2.04. The Morgan fingerprint density at radius 1 is 1.57 bits per heavy atom. The van der Waals surface area contributed by atoms with E-state index in [0.29, 0.717) is 18.8 Å². The van der Waals surface area contributed by atoms with Crippen LogP contribution in [0.2, 0.25) is 0 Å². The van der Waals surface area contributed by atoms with Gasteiger partial charge in [0.25, 0.3) is 0 Å². The smallest absolute Gasteiger partial charge is 0.303 e. The van der Waals surface area contributed by atoms with Crippen molar-refractivity contribution >= 4 is 5.97 Å². The zero-order valence-corrected chi connectivity index (χ0v) is 8.12. The molecule has 1 radical (unpaired) electrons. The fourth-order valence-corrected chi connectivity index (χ4v) is 1.05. The van der Waals surface area contributed by atoms with E-state index in [0.717, 1.165) is 5.56 Å². The van der Waals surface area contributed by atoms with E-state index in [1.54, 1.807) is 0 Å². The number of ether oxygens (including phenoxy) is 1. The first-order valence-corrected chi connectivity index (χ1v) is 4.52. The number of rotatable bonds is 5. The Bertz CT molecular complexity index is 307. The second kappa shape index (κ2) is 5.27. The summed E-state index contributed by atoms with van der Waals surface area (Å²) in [5.74, 6) is -0.114. The first kappa shape index (κ1) is 10.6. The second-order valence-corrected chi connectivity index (χ2v) is 3.04. The SMILES string of the molecule is Cc1[c]c(OCCCC(=O)O)ccc1. The summed E-state index contributed by atoms with van der Waals surface area (Å²) in [6.07, 6.45) is 0.670. The molecule has 0 aromatic heterocycles. The average Bonchev–Trinajstić information content (AvgIpc) is 2.12. The van der Waals surface area contributed by atoms with Crippen LogP contribution >= 0.6 is 0 Å². The Hall–Kier alpha value is -1.51. The van der Waals surface area contributed by atoms with Gasteiger partial charge in [0, 0.05) is 12.5 Å². The largest absolute Gasteiger partial charge is 0.493 e. The van der Waals surface area contributed by atoms with Gasteiger partial charge in [-0.1, -0.05) is 12.1 Å². The van der Waals surface area contributed by atoms with E-state index in [-0.39, 0.29) is 6.42 Å². The molecule has 0 unspecified atom stereocenters. The molecule has 14 heavy (non-hydrogen) atoms. The predicted molar refractivity (Wildman–Crippen MR) is 52.4 cm³/mol. The molecule has 75 valence electrons. The zero-order valence-electron chi connectivity index (χ0n) is 8.12. The van der Waals surface area contributed by atoms with E-state index >= 15 is 0 Å². The number of carboxylic acid groups (broad SMARTS) is 1. The van der Waals surface area contributed by atoms with Gasteiger partial charge < -0.3 is 9.84 Å². The van der Waals surface area contributed by atoms with Gasteiger partial charge in [-0.15, -0.1) is 0 Å². The summed E-state index contributed by atoms with van der Waals surface area (Å²) in [4.78, 5) is 10.2. The molecule has 1 N–H and O–H groups in total. The van der Waals surface area contributed by atoms with Crippen LogP contribution < -0.4 is 4.74 Å². The Morgan fingerprint density at radius 2 is 2.36 bits per heavy atom. The van der Waals surface area contributed by atoms with Gasteiger partial charge in [0.2, 0.25) is 0 Å². The van der Waals surface area contributed by atoms with Gasteiger partial charge in [0.05, 0.1) is 6.61 Å². The highest BCUT2D eigenvalue weighted by Gasteiger charge is 1.98. The van der Waals surface area contributed by atoms with Gasteiger partial charge in [-0.3, -0.25) is 4.79 Å². The molecule has 3 nitrogen and oxygen atoms in total. The summed E-state index contributed by atoms with van der Waals surface area (Å²) in [6.45, 7) is 2.36. The standard InChI is InChI=1S/C11H13O3/c1-9-4-2-5-10(8-9)14-7-3-6-11(12)13/h2,4-5H,3,6-7H2,1H3,(H,12,13). The minimum Gasteiger partial charge on any atom is -0.493 e. The summed E-state index contributed by atoms with van der Waals surface area (Å²) in [5, 5.41) is 8.39. The third kappa shape index (κ3) is 3.94. The average molecular weight is 193 g/mol. The Balaban J connectivity index is 2.28. The van der Waals surface area contributed by atoms with Crippen molar-refractivity contribution in [1.82, 2.24) is 0 Å². The van der Waals surface area contributed by atoms with Crippen molar-refractivity contribution in [3.8, 4) is 5.75 Å². The first-order valence-electron chi connectivity index (χ1n) is 4.52. The molecule has 1 rings (SSSR count). The molecule has 0 spiro atoms. The highest BCUT2D eigenvalue weighted by molar-refractivity contribution is 5.66. The zero-order chi connectivity index (χ0) is 10.4. The molecule has 0 saturated carbocycles. The molecule has 1 aromatic carbocycles. The van der Waals surface area contributed by atoms with E-state index in [4.69, 9.17) is 9.84 Å². The van der Waals surface area contributed by atoms with Gasteiger partial charge in [-0.25, -0.2) is 0 Å². The number of aryl methyl sites for hydroxylation is 1. The summed E-state index contributed by atoms with van der Waals surface area (Å²) in [5.41, 5.74) is 1.01. The minimum absolute atomic E-state index is 0.145. The summed E-state index contributed by atoms with van der Waals surface area (Å²) in [6, 6.07) is 8.66. The van der Waals surface area contributed by atoms with Crippen molar-refractivity contribution in [2.24, 2.45) is 0 Å². The van der Waals surface area contributed by atoms with Gasteiger partial charge in [0.15, 0.2) is 0 Å². The highest BCUT2D eigenvalue weighted by Crippen LogP contribution is 2.11. The maximum atomic E-state index is 10.2. The Labute approximate surface area is 83.3 Å². The Kier molecular flexibility index (Phi) is 3.98. The minimum atomic E-state index is -0.790. The van der Waals surface area contributed by atoms with Crippen LogP contribution in [0.5, 0.6) is 5.75 Å². The second-order valence-electron chi connectivity index (χ2n) is 3.04. The van der Waals surface area contributed by atoms with E-state index in [2.05, 4.69) is 6.07 Å². The van der Waals surface area contributed by atoms with Crippen LogP contribution in [0.3, 0.4) is 0 Å². The normalized spacial score (nSPS) is 9.79. The van der Waals surface area contributed by atoms with Crippen LogP contribution in [-0.2, 0) is 4.79 Å². The van der Waals surface area contributed by atoms with E-state index in [9.17, 15) is 4.79 Å². The molecule has 1 aromatic rings. The summed E-state index contributed by atoms with van der Waals surface area (Å²) < 4.78 is 5.32. The van der Waals surface area contributed by atoms with Gasteiger partial charge in [0.1, 0.15) is 5.75 Å². The van der Waals surface area contributed by atoms with Crippen molar-refractivity contribution in [2.45, 2.75) is 19.8 Å². The molecule has 0 aliphatic carbocycles. The molecule has 0 atom stereocenters. The highest BCUT2D eigenvalue weighted by atomic mass is 16.5. The molecule has 0 aliphatic rings. The third-order valence-corrected chi connectivity index (χ3v) is 1.71. The molecule has 0 saturated heterocycles. The first-order chi connectivity index (χ1) is 6.68. The molecule has 3 heteroatoms. The number of carbonyl (C=O) groups is 1. The summed E-state index contributed by atoms with van der Waals surface area (Å²) >= 11 is 0. The van der Waals surface area contributed by atoms with Crippen LogP contribution in [-0.4, -0.2) is 17.7 Å². The number of benzene rings is 1. The number of hydrogen-bond acceptors (Lipinski definition) is 2. The number of carboxylic acids is 1. The molecule has 0 fully saturated rings. The monoisotopic (exact) mass is 193 g/mol. The van der Waals surface area contributed by atoms with Crippen molar-refractivity contribution in [1.29, 1.82) is 0 Å². The van der Waals surface area contributed by atoms with E-state index < -0.39 is 5.97 Å². The number of hydrogen-bond donors (Lipinski definition) is 1. The van der Waals surface area contributed by atoms with Gasteiger partial charge in [-0.05, 0) is 25.0 Å². The topological polar surface area (TPSA) is 46.5 Å². The molecule has 0 amide bonds. The maximum Gasteiger partial charge on any atom is 0.303 e. The van der Waals surface area contributed by atoms with Crippen LogP contribution in [0, 0.1) is 13.0 Å². The molecule has 0 heterocycles. The summed E-state index contributed by atoms with van der Waals surface area (Å²) in [7, 11) is 0. The van der Waals surface area contributed by atoms with Crippen molar-refractivity contribution in [3.05, 3.63) is 29.8 Å². The molecular weight excluding hydrogens is 180 g/mol. The van der Waals surface area contributed by atoms with Crippen LogP contribution in [0.25, 0.3) is 0 Å². The lowest BCUT2D eigenvalue weighted by Gasteiger charge is -2.04.